The molecule has 0 spiro atoms. The van der Waals surface area contributed by atoms with E-state index in [1.807, 2.05) is 13.8 Å². The molecule has 88 valence electrons. The molecule has 2 aromatic heterocycles. The van der Waals surface area contributed by atoms with Crippen molar-refractivity contribution in [2.24, 2.45) is 5.92 Å². The lowest BCUT2D eigenvalue weighted by molar-refractivity contribution is 0.138. The number of rotatable bonds is 3. The van der Waals surface area contributed by atoms with Crippen molar-refractivity contribution >= 4 is 0 Å². The van der Waals surface area contributed by atoms with E-state index in [1.54, 1.807) is 48.8 Å². The van der Waals surface area contributed by atoms with Crippen LogP contribution in [0, 0.1) is 5.92 Å². The Bertz CT molecular complexity index is 429. The van der Waals surface area contributed by atoms with Crippen LogP contribution in [0.4, 0.5) is 4.39 Å². The largest absolute Gasteiger partial charge is 0.257 e. The lowest BCUT2D eigenvalue weighted by Crippen LogP contribution is -2.30. The second-order valence-corrected chi connectivity index (χ2v) is 4.30. The minimum atomic E-state index is -1.64. The lowest BCUT2D eigenvalue weighted by atomic mass is 9.85. The Morgan fingerprint density at radius 1 is 0.941 bits per heavy atom. The Morgan fingerprint density at radius 3 is 1.71 bits per heavy atom. The molecular formula is C14H15FN2. The Labute approximate surface area is 101 Å². The summed E-state index contributed by atoms with van der Waals surface area (Å²) >= 11 is 0. The summed E-state index contributed by atoms with van der Waals surface area (Å²) in [5, 5.41) is 0. The first-order valence-corrected chi connectivity index (χ1v) is 5.67. The van der Waals surface area contributed by atoms with Gasteiger partial charge < -0.3 is 0 Å². The fourth-order valence-electron chi connectivity index (χ4n) is 1.88. The zero-order chi connectivity index (χ0) is 12.3. The second-order valence-electron chi connectivity index (χ2n) is 4.30. The quantitative estimate of drug-likeness (QED) is 0.808. The van der Waals surface area contributed by atoms with Crippen LogP contribution in [-0.2, 0) is 5.67 Å². The van der Waals surface area contributed by atoms with Crippen LogP contribution in [0.3, 0.4) is 0 Å². The molecule has 2 aromatic rings. The van der Waals surface area contributed by atoms with Gasteiger partial charge >= 0.3 is 0 Å². The van der Waals surface area contributed by atoms with Gasteiger partial charge in [0.15, 0.2) is 5.67 Å². The second kappa shape index (κ2) is 4.62. The maximum absolute atomic E-state index is 15.3. The first-order valence-electron chi connectivity index (χ1n) is 5.67. The average Bonchev–Trinajstić information content (AvgIpc) is 2.39. The molecule has 0 aliphatic rings. The van der Waals surface area contributed by atoms with Crippen molar-refractivity contribution in [3.8, 4) is 0 Å². The molecule has 2 heterocycles. The van der Waals surface area contributed by atoms with Crippen LogP contribution in [0.25, 0.3) is 0 Å². The van der Waals surface area contributed by atoms with Gasteiger partial charge in [0, 0.05) is 12.4 Å². The number of halogens is 1. The number of hydrogen-bond acceptors (Lipinski definition) is 2. The van der Waals surface area contributed by atoms with E-state index in [1.165, 1.54) is 0 Å². The fraction of sp³-hybridized carbons (Fsp3) is 0.286. The highest BCUT2D eigenvalue weighted by atomic mass is 19.1. The standard InChI is InChI=1S/C14H15FN2/c1-11(2)14(15,12-7-3-5-9-16-12)13-8-4-6-10-17-13/h3-11H,1-2H3. The molecule has 0 radical (unpaired) electrons. The van der Waals surface area contributed by atoms with Crippen molar-refractivity contribution in [2.45, 2.75) is 19.5 Å². The van der Waals surface area contributed by atoms with Crippen molar-refractivity contribution in [1.29, 1.82) is 0 Å². The fourth-order valence-corrected chi connectivity index (χ4v) is 1.88. The van der Waals surface area contributed by atoms with Crippen molar-refractivity contribution in [2.75, 3.05) is 0 Å². The zero-order valence-electron chi connectivity index (χ0n) is 9.97. The molecule has 0 bridgehead atoms. The highest BCUT2D eigenvalue weighted by molar-refractivity contribution is 5.28. The molecule has 2 nitrogen and oxygen atoms in total. The first kappa shape index (κ1) is 11.7. The average molecular weight is 230 g/mol. The van der Waals surface area contributed by atoms with E-state index in [2.05, 4.69) is 9.97 Å². The van der Waals surface area contributed by atoms with Crippen LogP contribution in [-0.4, -0.2) is 9.97 Å². The maximum atomic E-state index is 15.3. The van der Waals surface area contributed by atoms with E-state index in [0.29, 0.717) is 11.4 Å². The molecule has 0 saturated carbocycles. The Hall–Kier alpha value is -1.77. The van der Waals surface area contributed by atoms with Crippen molar-refractivity contribution in [3.05, 3.63) is 60.2 Å². The summed E-state index contributed by atoms with van der Waals surface area (Å²) in [7, 11) is 0. The predicted octanol–water partition coefficient (Wildman–Crippen LogP) is 3.35. The summed E-state index contributed by atoms with van der Waals surface area (Å²) in [6.07, 6.45) is 3.21. The molecule has 3 heteroatoms. The van der Waals surface area contributed by atoms with Gasteiger partial charge in [0.05, 0.1) is 11.4 Å². The summed E-state index contributed by atoms with van der Waals surface area (Å²) in [5.74, 6) is -0.229. The molecule has 0 N–H and O–H groups in total. The molecule has 0 aliphatic heterocycles. The summed E-state index contributed by atoms with van der Waals surface area (Å²) in [4.78, 5) is 8.27. The van der Waals surface area contributed by atoms with E-state index in [-0.39, 0.29) is 5.92 Å². The molecule has 0 saturated heterocycles. The minimum absolute atomic E-state index is 0.229. The Kier molecular flexibility index (Phi) is 3.18. The Balaban J connectivity index is 2.55. The minimum Gasteiger partial charge on any atom is -0.257 e. The molecule has 0 aliphatic carbocycles. The highest BCUT2D eigenvalue weighted by Crippen LogP contribution is 2.38. The van der Waals surface area contributed by atoms with Gasteiger partial charge in [-0.25, -0.2) is 4.39 Å². The molecule has 17 heavy (non-hydrogen) atoms. The van der Waals surface area contributed by atoms with Crippen LogP contribution in [0.5, 0.6) is 0 Å². The third kappa shape index (κ3) is 2.05. The van der Waals surface area contributed by atoms with E-state index in [9.17, 15) is 0 Å². The monoisotopic (exact) mass is 230 g/mol. The predicted molar refractivity (Wildman–Crippen MR) is 65.2 cm³/mol. The van der Waals surface area contributed by atoms with E-state index in [0.717, 1.165) is 0 Å². The van der Waals surface area contributed by atoms with E-state index >= 15 is 4.39 Å². The molecule has 0 aromatic carbocycles. The van der Waals surface area contributed by atoms with Gasteiger partial charge in [-0.05, 0) is 30.2 Å². The summed E-state index contributed by atoms with van der Waals surface area (Å²) < 4.78 is 15.3. The van der Waals surface area contributed by atoms with Gasteiger partial charge in [0.1, 0.15) is 0 Å². The van der Waals surface area contributed by atoms with E-state index < -0.39 is 5.67 Å². The van der Waals surface area contributed by atoms with Crippen molar-refractivity contribution < 1.29 is 4.39 Å². The van der Waals surface area contributed by atoms with Gasteiger partial charge in [-0.3, -0.25) is 9.97 Å². The number of nitrogens with zero attached hydrogens (tertiary/aromatic N) is 2. The molecule has 0 atom stereocenters. The zero-order valence-corrected chi connectivity index (χ0v) is 9.97. The number of alkyl halides is 1. The van der Waals surface area contributed by atoms with Crippen LogP contribution in [0.1, 0.15) is 25.2 Å². The van der Waals surface area contributed by atoms with Gasteiger partial charge in [0.2, 0.25) is 0 Å². The summed E-state index contributed by atoms with van der Waals surface area (Å²) in [6.45, 7) is 3.67. The van der Waals surface area contributed by atoms with Crippen LogP contribution in [0.2, 0.25) is 0 Å². The number of aromatic nitrogens is 2. The number of pyridine rings is 2. The Morgan fingerprint density at radius 2 is 1.41 bits per heavy atom. The molecule has 2 rings (SSSR count). The summed E-state index contributed by atoms with van der Waals surface area (Å²) in [5.41, 5.74) is -0.815. The number of hydrogen-bond donors (Lipinski definition) is 0. The lowest BCUT2D eigenvalue weighted by Gasteiger charge is -2.28. The summed E-state index contributed by atoms with van der Waals surface area (Å²) in [6, 6.07) is 10.6. The smallest absolute Gasteiger partial charge is 0.196 e. The highest BCUT2D eigenvalue weighted by Gasteiger charge is 2.40. The maximum Gasteiger partial charge on any atom is 0.196 e. The normalized spacial score (nSPS) is 11.8. The third-order valence-electron chi connectivity index (χ3n) is 2.87. The van der Waals surface area contributed by atoms with E-state index in [4.69, 9.17) is 0 Å². The topological polar surface area (TPSA) is 25.8 Å². The molecular weight excluding hydrogens is 215 g/mol. The van der Waals surface area contributed by atoms with Gasteiger partial charge in [-0.15, -0.1) is 0 Å². The van der Waals surface area contributed by atoms with Gasteiger partial charge in [-0.2, -0.15) is 0 Å². The SMILES string of the molecule is CC(C)C(F)(c1ccccn1)c1ccccn1. The van der Waals surface area contributed by atoms with Crippen molar-refractivity contribution in [1.82, 2.24) is 9.97 Å². The third-order valence-corrected chi connectivity index (χ3v) is 2.87. The van der Waals surface area contributed by atoms with Gasteiger partial charge in [-0.1, -0.05) is 26.0 Å². The van der Waals surface area contributed by atoms with Crippen LogP contribution < -0.4 is 0 Å². The van der Waals surface area contributed by atoms with Crippen LogP contribution >= 0.6 is 0 Å². The first-order chi connectivity index (χ1) is 8.15. The van der Waals surface area contributed by atoms with Crippen LogP contribution in [0.15, 0.2) is 48.8 Å². The van der Waals surface area contributed by atoms with Crippen molar-refractivity contribution in [3.63, 3.8) is 0 Å². The molecule has 0 fully saturated rings. The van der Waals surface area contributed by atoms with Gasteiger partial charge in [0.25, 0.3) is 0 Å². The molecule has 0 amide bonds. The molecule has 0 unspecified atom stereocenters.